The van der Waals surface area contributed by atoms with Crippen LogP contribution >= 0.6 is 0 Å². The molecule has 2 aliphatic carbocycles. The molecular weight excluding hydrogens is 436 g/mol. The number of carbonyl (C=O) groups excluding carboxylic acids is 2. The molecule has 2 unspecified atom stereocenters. The van der Waals surface area contributed by atoms with E-state index < -0.39 is 11.2 Å². The lowest BCUT2D eigenvalue weighted by molar-refractivity contribution is 0.0269. The third kappa shape index (κ3) is 7.15. The molecule has 10 heteroatoms. The van der Waals surface area contributed by atoms with Crippen molar-refractivity contribution in [3.05, 3.63) is 10.4 Å². The molecule has 4 rings (SSSR count). The Bertz CT molecular complexity index is 772. The first-order valence-electron chi connectivity index (χ1n) is 12.5. The van der Waals surface area contributed by atoms with Gasteiger partial charge >= 0.3 is 12.2 Å². The van der Waals surface area contributed by atoms with Gasteiger partial charge in [0.15, 0.2) is 0 Å². The summed E-state index contributed by atoms with van der Waals surface area (Å²) >= 11 is 0. The van der Waals surface area contributed by atoms with E-state index in [0.29, 0.717) is 29.7 Å². The molecule has 34 heavy (non-hydrogen) atoms. The van der Waals surface area contributed by atoms with Crippen molar-refractivity contribution < 1.29 is 19.1 Å². The Morgan fingerprint density at radius 2 is 1.15 bits per heavy atom. The van der Waals surface area contributed by atoms with E-state index in [1.807, 2.05) is 46.4 Å². The fraction of sp³-hybridized carbons (Fsp3) is 0.917. The van der Waals surface area contributed by atoms with Crippen LogP contribution in [0.4, 0.5) is 9.59 Å². The molecule has 0 aromatic carbocycles. The average molecular weight is 479 g/mol. The molecule has 192 valence electrons. The third-order valence-corrected chi connectivity index (χ3v) is 7.03. The molecule has 10 nitrogen and oxygen atoms in total. The summed E-state index contributed by atoms with van der Waals surface area (Å²) in [6.07, 6.45) is 3.52. The fourth-order valence-electron chi connectivity index (χ4n) is 5.73. The van der Waals surface area contributed by atoms with Crippen molar-refractivity contribution in [1.29, 1.82) is 0 Å². The second kappa shape index (κ2) is 10.2. The molecule has 2 saturated heterocycles. The molecule has 2 aliphatic heterocycles. The lowest BCUT2D eigenvalue weighted by Crippen LogP contribution is -2.36. The van der Waals surface area contributed by atoms with E-state index in [-0.39, 0.29) is 18.2 Å². The molecule has 2 heterocycles. The zero-order valence-electron chi connectivity index (χ0n) is 21.6. The molecule has 0 spiro atoms. The van der Waals surface area contributed by atoms with Crippen molar-refractivity contribution in [2.24, 2.45) is 34.5 Å². The number of azide groups is 1. The van der Waals surface area contributed by atoms with Gasteiger partial charge in [-0.2, -0.15) is 0 Å². The first-order chi connectivity index (χ1) is 15.7. The molecule has 2 saturated carbocycles. The predicted molar refractivity (Wildman–Crippen MR) is 129 cm³/mol. The first-order valence-corrected chi connectivity index (χ1v) is 12.5. The van der Waals surface area contributed by atoms with Crippen LogP contribution in [0.5, 0.6) is 0 Å². The Balaban J connectivity index is 0.000000192. The number of nitrogens with two attached hydrogens (primary N) is 1. The highest BCUT2D eigenvalue weighted by atomic mass is 16.6. The van der Waals surface area contributed by atoms with Crippen LogP contribution in [0.1, 0.15) is 67.2 Å². The van der Waals surface area contributed by atoms with Crippen LogP contribution in [0.25, 0.3) is 10.4 Å². The number of hydrogen-bond acceptors (Lipinski definition) is 6. The highest BCUT2D eigenvalue weighted by Gasteiger charge is 2.43. The summed E-state index contributed by atoms with van der Waals surface area (Å²) in [5.74, 6) is 2.13. The van der Waals surface area contributed by atoms with Crippen LogP contribution in [-0.2, 0) is 9.47 Å². The molecule has 2 amide bonds. The normalized spacial score (nSPS) is 32.3. The number of rotatable bonds is 1. The Morgan fingerprint density at radius 3 is 1.47 bits per heavy atom. The standard InChI is InChI=1S/C12H20N4O2.C12H22N2O2/c1-12(2,3)18-11(17)16-6-8-4-10(14-15-13)5-9(8)7-16;1-12(2,3)16-11(15)14-6-8-4-10(13)5-9(8)7-14/h8-10H,4-7H2,1-3H3;8-10H,4-7,13H2,1-3H3/t2*8-,9+,10?. The van der Waals surface area contributed by atoms with Crippen molar-refractivity contribution in [2.75, 3.05) is 26.2 Å². The smallest absolute Gasteiger partial charge is 0.410 e. The van der Waals surface area contributed by atoms with Gasteiger partial charge in [0.2, 0.25) is 0 Å². The van der Waals surface area contributed by atoms with Crippen LogP contribution in [0.15, 0.2) is 5.11 Å². The molecule has 4 fully saturated rings. The maximum atomic E-state index is 11.9. The van der Waals surface area contributed by atoms with Gasteiger partial charge in [-0.15, -0.1) is 0 Å². The van der Waals surface area contributed by atoms with E-state index in [4.69, 9.17) is 20.7 Å². The summed E-state index contributed by atoms with van der Waals surface area (Å²) in [5.41, 5.74) is 13.5. The molecule has 4 aliphatic rings. The van der Waals surface area contributed by atoms with Crippen LogP contribution in [0.2, 0.25) is 0 Å². The van der Waals surface area contributed by atoms with Gasteiger partial charge in [0, 0.05) is 43.2 Å². The van der Waals surface area contributed by atoms with Gasteiger partial charge < -0.3 is 25.0 Å². The zero-order valence-corrected chi connectivity index (χ0v) is 21.6. The average Bonchev–Trinajstić information content (AvgIpc) is 3.38. The predicted octanol–water partition coefficient (Wildman–Crippen LogP) is 4.53. The Kier molecular flexibility index (Phi) is 7.92. The maximum Gasteiger partial charge on any atom is 0.410 e. The minimum Gasteiger partial charge on any atom is -0.444 e. The van der Waals surface area contributed by atoms with Crippen molar-refractivity contribution in [1.82, 2.24) is 9.80 Å². The van der Waals surface area contributed by atoms with Gasteiger partial charge in [0.1, 0.15) is 11.2 Å². The molecule has 0 radical (unpaired) electrons. The summed E-state index contributed by atoms with van der Waals surface area (Å²) in [5, 5.41) is 3.78. The molecule has 0 aromatic rings. The summed E-state index contributed by atoms with van der Waals surface area (Å²) in [7, 11) is 0. The molecular formula is C24H42N6O4. The Morgan fingerprint density at radius 1 is 0.794 bits per heavy atom. The van der Waals surface area contributed by atoms with E-state index in [1.54, 1.807) is 4.90 Å². The van der Waals surface area contributed by atoms with E-state index in [2.05, 4.69) is 10.0 Å². The van der Waals surface area contributed by atoms with Gasteiger partial charge in [-0.3, -0.25) is 0 Å². The summed E-state index contributed by atoms with van der Waals surface area (Å²) < 4.78 is 10.7. The summed E-state index contributed by atoms with van der Waals surface area (Å²) in [6, 6.07) is 0.460. The van der Waals surface area contributed by atoms with E-state index >= 15 is 0 Å². The third-order valence-electron chi connectivity index (χ3n) is 7.03. The lowest BCUT2D eigenvalue weighted by Gasteiger charge is -2.25. The van der Waals surface area contributed by atoms with Crippen LogP contribution in [0.3, 0.4) is 0 Å². The summed E-state index contributed by atoms with van der Waals surface area (Å²) in [6.45, 7) is 14.4. The molecule has 2 N–H and O–H groups in total. The number of nitrogens with zero attached hydrogens (tertiary/aromatic N) is 5. The van der Waals surface area contributed by atoms with Crippen LogP contribution in [-0.4, -0.2) is 71.5 Å². The van der Waals surface area contributed by atoms with Crippen molar-refractivity contribution in [3.63, 3.8) is 0 Å². The Hall–Kier alpha value is -2.19. The highest BCUT2D eigenvalue weighted by molar-refractivity contribution is 5.69. The zero-order chi connectivity index (χ0) is 25.3. The number of hydrogen-bond donors (Lipinski definition) is 1. The van der Waals surface area contributed by atoms with Crippen LogP contribution < -0.4 is 5.73 Å². The van der Waals surface area contributed by atoms with Crippen molar-refractivity contribution in [2.45, 2.75) is 90.5 Å². The Labute approximate surface area is 203 Å². The van der Waals surface area contributed by atoms with Gasteiger partial charge in [-0.1, -0.05) is 5.11 Å². The summed E-state index contributed by atoms with van der Waals surface area (Å²) in [4.78, 5) is 30.3. The van der Waals surface area contributed by atoms with Crippen molar-refractivity contribution >= 4 is 12.2 Å². The monoisotopic (exact) mass is 478 g/mol. The maximum absolute atomic E-state index is 11.9. The number of likely N-dealkylation sites (tertiary alicyclic amines) is 2. The van der Waals surface area contributed by atoms with Gasteiger partial charge in [-0.05, 0) is 96.4 Å². The second-order valence-electron chi connectivity index (χ2n) is 12.4. The van der Waals surface area contributed by atoms with Crippen molar-refractivity contribution in [3.8, 4) is 0 Å². The van der Waals surface area contributed by atoms with E-state index in [1.165, 1.54) is 0 Å². The number of fused-ring (bicyclic) bond motifs is 2. The topological polar surface area (TPSA) is 134 Å². The quantitative estimate of drug-likeness (QED) is 0.336. The lowest BCUT2D eigenvalue weighted by atomic mass is 10.0. The molecule has 0 aromatic heterocycles. The van der Waals surface area contributed by atoms with Gasteiger partial charge in [0.05, 0.1) is 0 Å². The molecule has 0 bridgehead atoms. The minimum atomic E-state index is -0.442. The number of amides is 2. The van der Waals surface area contributed by atoms with Gasteiger partial charge in [0.25, 0.3) is 0 Å². The van der Waals surface area contributed by atoms with Gasteiger partial charge in [-0.25, -0.2) is 9.59 Å². The SMILES string of the molecule is CC(C)(C)OC(=O)N1C[C@H]2CC(N)C[C@H]2C1.CC(C)(C)OC(=O)N1C[C@H]2CC(N=[N+]=[N-])C[C@H]2C1. The minimum absolute atomic E-state index is 0.116. The van der Waals surface area contributed by atoms with E-state index in [9.17, 15) is 9.59 Å². The second-order valence-corrected chi connectivity index (χ2v) is 12.4. The highest BCUT2D eigenvalue weighted by Crippen LogP contribution is 2.40. The fourth-order valence-corrected chi connectivity index (χ4v) is 5.73. The largest absolute Gasteiger partial charge is 0.444 e. The number of ether oxygens (including phenoxy) is 2. The molecule has 6 atom stereocenters. The first kappa shape index (κ1) is 26.4. The van der Waals surface area contributed by atoms with Crippen LogP contribution in [0, 0.1) is 23.7 Å². The number of carbonyl (C=O) groups is 2. The van der Waals surface area contributed by atoms with E-state index in [0.717, 1.165) is 51.9 Å².